The maximum absolute atomic E-state index is 12.9. The molecule has 1 atom stereocenters. The molecule has 2 saturated heterocycles. The van der Waals surface area contributed by atoms with E-state index in [4.69, 9.17) is 9.47 Å². The lowest BCUT2D eigenvalue weighted by molar-refractivity contribution is -0.125. The van der Waals surface area contributed by atoms with Gasteiger partial charge in [0.25, 0.3) is 5.91 Å². The molecule has 10 heteroatoms. The second kappa shape index (κ2) is 8.29. The van der Waals surface area contributed by atoms with Gasteiger partial charge >= 0.3 is 0 Å². The highest BCUT2D eigenvalue weighted by Gasteiger charge is 2.44. The van der Waals surface area contributed by atoms with Crippen LogP contribution in [0.3, 0.4) is 0 Å². The van der Waals surface area contributed by atoms with Gasteiger partial charge in [-0.1, -0.05) is 0 Å². The molecule has 0 aliphatic carbocycles. The molecule has 1 aromatic rings. The van der Waals surface area contributed by atoms with E-state index in [1.807, 2.05) is 0 Å². The van der Waals surface area contributed by atoms with Gasteiger partial charge in [0.15, 0.2) is 0 Å². The Balaban J connectivity index is 1.84. The van der Waals surface area contributed by atoms with Crippen LogP contribution in [0.15, 0.2) is 18.2 Å². The molecule has 2 N–H and O–H groups in total. The Bertz CT molecular complexity index is 895. The zero-order valence-electron chi connectivity index (χ0n) is 16.9. The van der Waals surface area contributed by atoms with Crippen LogP contribution in [-0.2, 0) is 19.6 Å². The second-order valence-electron chi connectivity index (χ2n) is 7.64. The van der Waals surface area contributed by atoms with Crippen molar-refractivity contribution in [2.45, 2.75) is 31.3 Å². The third kappa shape index (κ3) is 4.88. The summed E-state index contributed by atoms with van der Waals surface area (Å²) in [5.41, 5.74) is 0.403. The first-order valence-corrected chi connectivity index (χ1v) is 11.3. The monoisotopic (exact) mass is 425 g/mol. The van der Waals surface area contributed by atoms with E-state index in [1.54, 1.807) is 25.1 Å². The molecule has 1 unspecified atom stereocenters. The number of rotatable bonds is 4. The van der Waals surface area contributed by atoms with E-state index < -0.39 is 33.4 Å². The van der Waals surface area contributed by atoms with Crippen molar-refractivity contribution in [3.8, 4) is 5.75 Å². The predicted molar refractivity (Wildman–Crippen MR) is 106 cm³/mol. The topological polar surface area (TPSA) is 114 Å². The van der Waals surface area contributed by atoms with Gasteiger partial charge in [-0.05, 0) is 43.5 Å². The normalized spacial score (nSPS) is 22.6. The summed E-state index contributed by atoms with van der Waals surface area (Å²) < 4.78 is 36.4. The van der Waals surface area contributed by atoms with E-state index in [-0.39, 0.29) is 13.1 Å². The number of ether oxygens (including phenoxy) is 2. The zero-order chi connectivity index (χ0) is 21.2. The molecule has 0 aromatic heterocycles. The van der Waals surface area contributed by atoms with E-state index in [0.29, 0.717) is 42.9 Å². The summed E-state index contributed by atoms with van der Waals surface area (Å²) >= 11 is 0. The molecule has 3 rings (SSSR count). The number of nitrogens with zero attached hydrogens (tertiary/aromatic N) is 1. The van der Waals surface area contributed by atoms with Gasteiger partial charge in [-0.3, -0.25) is 9.59 Å². The first kappa shape index (κ1) is 21.5. The van der Waals surface area contributed by atoms with E-state index in [1.165, 1.54) is 11.4 Å². The van der Waals surface area contributed by atoms with Crippen molar-refractivity contribution in [3.05, 3.63) is 29.3 Å². The van der Waals surface area contributed by atoms with Crippen molar-refractivity contribution >= 4 is 21.8 Å². The maximum atomic E-state index is 12.9. The van der Waals surface area contributed by atoms with Crippen molar-refractivity contribution in [1.82, 2.24) is 14.9 Å². The van der Waals surface area contributed by atoms with Crippen LogP contribution >= 0.6 is 0 Å². The van der Waals surface area contributed by atoms with Crippen molar-refractivity contribution in [2.24, 2.45) is 0 Å². The molecule has 1 aromatic carbocycles. The summed E-state index contributed by atoms with van der Waals surface area (Å²) in [6, 6.07) is 4.00. The molecule has 2 aliphatic rings. The number of nitrogens with one attached hydrogen (secondary N) is 2. The van der Waals surface area contributed by atoms with Gasteiger partial charge in [-0.25, -0.2) is 8.42 Å². The fourth-order valence-electron chi connectivity index (χ4n) is 3.74. The van der Waals surface area contributed by atoms with Crippen LogP contribution in [0.1, 0.15) is 28.8 Å². The van der Waals surface area contributed by atoms with Crippen molar-refractivity contribution in [1.29, 1.82) is 0 Å². The molecule has 0 radical (unpaired) electrons. The number of benzene rings is 1. The Hall–Kier alpha value is -2.17. The minimum atomic E-state index is -3.57. The Kier molecular flexibility index (Phi) is 6.16. The summed E-state index contributed by atoms with van der Waals surface area (Å²) in [5.74, 6) is -0.213. The number of amides is 2. The first-order chi connectivity index (χ1) is 13.6. The fraction of sp³-hybridized carbons (Fsp3) is 0.579. The summed E-state index contributed by atoms with van der Waals surface area (Å²) in [6.45, 7) is 2.70. The van der Waals surface area contributed by atoms with Crippen molar-refractivity contribution < 1.29 is 27.5 Å². The van der Waals surface area contributed by atoms with E-state index >= 15 is 0 Å². The van der Waals surface area contributed by atoms with Crippen LogP contribution in [-0.4, -0.2) is 75.8 Å². The molecule has 1 spiro atoms. The van der Waals surface area contributed by atoms with Gasteiger partial charge in [0.2, 0.25) is 15.9 Å². The second-order valence-corrected chi connectivity index (χ2v) is 9.63. The standard InChI is InChI=1S/C19H27N3O6S/c1-13-10-14(27-2)4-5-15(13)17(23)20-16-11-22(29(3,25)26)12-19(21-18(16)24)6-8-28-9-7-19/h4-5,10,16H,6-9,11-12H2,1-3H3,(H,20,23)(H,21,24). The Labute approximate surface area is 170 Å². The number of carbonyl (C=O) groups excluding carboxylic acids is 2. The van der Waals surface area contributed by atoms with Gasteiger partial charge in [-0.15, -0.1) is 0 Å². The summed E-state index contributed by atoms with van der Waals surface area (Å²) in [5, 5.41) is 5.67. The largest absolute Gasteiger partial charge is 0.497 e. The van der Waals surface area contributed by atoms with Gasteiger partial charge in [0, 0.05) is 31.9 Å². The number of hydrogen-bond donors (Lipinski definition) is 2. The first-order valence-electron chi connectivity index (χ1n) is 9.44. The minimum Gasteiger partial charge on any atom is -0.497 e. The number of hydrogen-bond acceptors (Lipinski definition) is 6. The Morgan fingerprint density at radius 2 is 2.03 bits per heavy atom. The Morgan fingerprint density at radius 1 is 1.34 bits per heavy atom. The quantitative estimate of drug-likeness (QED) is 0.704. The molecule has 0 saturated carbocycles. The summed E-state index contributed by atoms with van der Waals surface area (Å²) in [4.78, 5) is 25.7. The molecular weight excluding hydrogens is 398 g/mol. The smallest absolute Gasteiger partial charge is 0.252 e. The fourth-order valence-corrected chi connectivity index (χ4v) is 4.64. The number of sulfonamides is 1. The summed E-state index contributed by atoms with van der Waals surface area (Å²) in [7, 11) is -2.03. The van der Waals surface area contributed by atoms with Crippen LogP contribution in [0.2, 0.25) is 0 Å². The zero-order valence-corrected chi connectivity index (χ0v) is 17.7. The molecule has 2 amide bonds. The van der Waals surface area contributed by atoms with Crippen LogP contribution < -0.4 is 15.4 Å². The van der Waals surface area contributed by atoms with Gasteiger partial charge in [-0.2, -0.15) is 4.31 Å². The van der Waals surface area contributed by atoms with Crippen molar-refractivity contribution in [3.63, 3.8) is 0 Å². The van der Waals surface area contributed by atoms with Gasteiger partial charge < -0.3 is 20.1 Å². The molecule has 160 valence electrons. The predicted octanol–water partition coefficient (Wildman–Crippen LogP) is 0.0426. The molecular formula is C19H27N3O6S. The third-order valence-electron chi connectivity index (χ3n) is 5.47. The highest BCUT2D eigenvalue weighted by atomic mass is 32.2. The molecule has 9 nitrogen and oxygen atoms in total. The number of methoxy groups -OCH3 is 1. The molecule has 2 heterocycles. The molecule has 29 heavy (non-hydrogen) atoms. The highest BCUT2D eigenvalue weighted by Crippen LogP contribution is 2.26. The molecule has 2 aliphatic heterocycles. The average Bonchev–Trinajstić information content (AvgIpc) is 2.78. The number of carbonyl (C=O) groups is 2. The van der Waals surface area contributed by atoms with Crippen LogP contribution in [0.25, 0.3) is 0 Å². The molecule has 0 bridgehead atoms. The lowest BCUT2D eigenvalue weighted by Gasteiger charge is -2.38. The van der Waals surface area contributed by atoms with E-state index in [2.05, 4.69) is 10.6 Å². The van der Waals surface area contributed by atoms with E-state index in [0.717, 1.165) is 6.26 Å². The van der Waals surface area contributed by atoms with E-state index in [9.17, 15) is 18.0 Å². The van der Waals surface area contributed by atoms with Crippen molar-refractivity contribution in [2.75, 3.05) is 39.7 Å². The SMILES string of the molecule is COc1ccc(C(=O)NC2CN(S(C)(=O)=O)CC3(CCOCC3)NC2=O)c(C)c1. The Morgan fingerprint density at radius 3 is 2.62 bits per heavy atom. The van der Waals surface area contributed by atoms with Crippen LogP contribution in [0.5, 0.6) is 5.75 Å². The minimum absolute atomic E-state index is 0.117. The maximum Gasteiger partial charge on any atom is 0.252 e. The number of aryl methyl sites for hydroxylation is 1. The average molecular weight is 426 g/mol. The summed E-state index contributed by atoms with van der Waals surface area (Å²) in [6.07, 6.45) is 2.15. The van der Waals surface area contributed by atoms with Crippen LogP contribution in [0, 0.1) is 6.92 Å². The highest BCUT2D eigenvalue weighted by molar-refractivity contribution is 7.88. The van der Waals surface area contributed by atoms with Crippen LogP contribution in [0.4, 0.5) is 0 Å². The third-order valence-corrected chi connectivity index (χ3v) is 6.69. The van der Waals surface area contributed by atoms with Gasteiger partial charge in [0.1, 0.15) is 11.8 Å². The molecule has 2 fully saturated rings. The van der Waals surface area contributed by atoms with Gasteiger partial charge in [0.05, 0.1) is 18.9 Å². The lowest BCUT2D eigenvalue weighted by Crippen LogP contribution is -2.58. The lowest BCUT2D eigenvalue weighted by atomic mass is 9.90.